The number of methoxy groups -OCH3 is 1. The van der Waals surface area contributed by atoms with Crippen LogP contribution in [-0.4, -0.2) is 59.4 Å². The number of hydrazone groups is 1. The van der Waals surface area contributed by atoms with Crippen molar-refractivity contribution in [1.82, 2.24) is 15.2 Å². The van der Waals surface area contributed by atoms with Gasteiger partial charge in [-0.05, 0) is 31.9 Å². The van der Waals surface area contributed by atoms with Gasteiger partial charge in [0.2, 0.25) is 5.91 Å². The van der Waals surface area contributed by atoms with E-state index in [0.717, 1.165) is 31.5 Å². The highest BCUT2D eigenvalue weighted by molar-refractivity contribution is 5.98. The molecule has 3 atom stereocenters. The van der Waals surface area contributed by atoms with Gasteiger partial charge in [-0.15, -0.1) is 0 Å². The Morgan fingerprint density at radius 2 is 2.04 bits per heavy atom. The van der Waals surface area contributed by atoms with E-state index >= 15 is 0 Å². The predicted molar refractivity (Wildman–Crippen MR) is 101 cm³/mol. The summed E-state index contributed by atoms with van der Waals surface area (Å²) in [5.41, 5.74) is 3.54. The second-order valence-electron chi connectivity index (χ2n) is 7.23. The van der Waals surface area contributed by atoms with Crippen LogP contribution in [0.4, 0.5) is 5.69 Å². The summed E-state index contributed by atoms with van der Waals surface area (Å²) in [6.07, 6.45) is 3.62. The van der Waals surface area contributed by atoms with Crippen molar-refractivity contribution in [2.45, 2.75) is 50.9 Å². The van der Waals surface area contributed by atoms with E-state index in [9.17, 15) is 9.59 Å². The molecular formula is C19H25N5O3. The third-order valence-electron chi connectivity index (χ3n) is 5.66. The van der Waals surface area contributed by atoms with Crippen LogP contribution in [0.1, 0.15) is 32.6 Å². The number of fused-ring (bicyclic) bond motifs is 3. The van der Waals surface area contributed by atoms with Gasteiger partial charge >= 0.3 is 0 Å². The van der Waals surface area contributed by atoms with Crippen molar-refractivity contribution in [3.8, 4) is 5.75 Å². The number of benzene rings is 1. The number of piperazine rings is 1. The van der Waals surface area contributed by atoms with Crippen molar-refractivity contribution in [2.24, 2.45) is 5.10 Å². The zero-order chi connectivity index (χ0) is 19.0. The first-order valence-electron chi connectivity index (χ1n) is 9.41. The monoisotopic (exact) mass is 371 g/mol. The number of para-hydroxylation sites is 2. The average Bonchev–Trinajstić information content (AvgIpc) is 3.07. The van der Waals surface area contributed by atoms with Gasteiger partial charge in [0.05, 0.1) is 24.9 Å². The summed E-state index contributed by atoms with van der Waals surface area (Å²) in [4.78, 5) is 29.6. The second kappa shape index (κ2) is 7.09. The normalized spacial score (nSPS) is 26.7. The number of ether oxygens (including phenoxy) is 1. The molecule has 8 heteroatoms. The van der Waals surface area contributed by atoms with Crippen LogP contribution in [-0.2, 0) is 9.59 Å². The Morgan fingerprint density at radius 3 is 2.81 bits per heavy atom. The Kier molecular flexibility index (Phi) is 4.63. The van der Waals surface area contributed by atoms with Crippen molar-refractivity contribution >= 4 is 23.3 Å². The summed E-state index contributed by atoms with van der Waals surface area (Å²) in [7, 11) is 1.56. The van der Waals surface area contributed by atoms with E-state index in [-0.39, 0.29) is 30.4 Å². The van der Waals surface area contributed by atoms with Crippen molar-refractivity contribution in [2.75, 3.05) is 19.0 Å². The zero-order valence-corrected chi connectivity index (χ0v) is 15.6. The Bertz CT molecular complexity index is 780. The molecule has 2 amide bonds. The zero-order valence-electron chi connectivity index (χ0n) is 15.6. The lowest BCUT2D eigenvalue weighted by atomic mass is 9.85. The fourth-order valence-electron chi connectivity index (χ4n) is 4.45. The molecule has 0 aromatic heterocycles. The average molecular weight is 371 g/mol. The van der Waals surface area contributed by atoms with E-state index in [1.54, 1.807) is 24.1 Å². The Balaban J connectivity index is 1.52. The fourth-order valence-corrected chi connectivity index (χ4v) is 4.45. The Labute approximate surface area is 158 Å². The van der Waals surface area contributed by atoms with Crippen LogP contribution in [0.5, 0.6) is 5.75 Å². The van der Waals surface area contributed by atoms with Gasteiger partial charge < -0.3 is 19.9 Å². The highest BCUT2D eigenvalue weighted by atomic mass is 16.5. The van der Waals surface area contributed by atoms with Crippen molar-refractivity contribution in [3.05, 3.63) is 24.3 Å². The molecule has 2 fully saturated rings. The van der Waals surface area contributed by atoms with Crippen LogP contribution >= 0.6 is 0 Å². The first-order chi connectivity index (χ1) is 13.1. The molecule has 1 saturated heterocycles. The van der Waals surface area contributed by atoms with Crippen LogP contribution in [0, 0.1) is 0 Å². The third-order valence-corrected chi connectivity index (χ3v) is 5.66. The molecule has 27 heavy (non-hydrogen) atoms. The molecule has 0 spiro atoms. The lowest BCUT2D eigenvalue weighted by Crippen LogP contribution is -2.69. The van der Waals surface area contributed by atoms with E-state index in [4.69, 9.17) is 4.74 Å². The summed E-state index contributed by atoms with van der Waals surface area (Å²) in [5.74, 6) is 1.14. The molecule has 0 bridgehead atoms. The van der Waals surface area contributed by atoms with Gasteiger partial charge in [-0.25, -0.2) is 0 Å². The Hall–Kier alpha value is -2.77. The summed E-state index contributed by atoms with van der Waals surface area (Å²) in [6, 6.07) is 7.50. The van der Waals surface area contributed by atoms with Crippen LogP contribution in [0.15, 0.2) is 29.4 Å². The minimum absolute atomic E-state index is 0.0309. The SMILES string of the molecule is COc1ccccc1NC(=O)CN1C(=O)C2NN=C(C)N2C2CCCCC21. The van der Waals surface area contributed by atoms with E-state index in [0.29, 0.717) is 11.4 Å². The van der Waals surface area contributed by atoms with E-state index in [1.807, 2.05) is 19.1 Å². The predicted octanol–water partition coefficient (Wildman–Crippen LogP) is 1.35. The van der Waals surface area contributed by atoms with Gasteiger partial charge in [0.25, 0.3) is 5.91 Å². The molecule has 2 aliphatic heterocycles. The van der Waals surface area contributed by atoms with Gasteiger partial charge in [-0.3, -0.25) is 15.0 Å². The number of nitrogens with zero attached hydrogens (tertiary/aromatic N) is 3. The number of nitrogens with one attached hydrogen (secondary N) is 2. The fraction of sp³-hybridized carbons (Fsp3) is 0.526. The first-order valence-corrected chi connectivity index (χ1v) is 9.41. The molecule has 4 rings (SSSR count). The van der Waals surface area contributed by atoms with Crippen LogP contribution < -0.4 is 15.5 Å². The van der Waals surface area contributed by atoms with Gasteiger partial charge in [0, 0.05) is 0 Å². The molecule has 1 aliphatic carbocycles. The quantitative estimate of drug-likeness (QED) is 0.834. The molecule has 8 nitrogen and oxygen atoms in total. The maximum atomic E-state index is 13.1. The maximum absolute atomic E-state index is 13.1. The molecule has 2 heterocycles. The van der Waals surface area contributed by atoms with E-state index in [1.165, 1.54) is 0 Å². The Morgan fingerprint density at radius 1 is 1.30 bits per heavy atom. The summed E-state index contributed by atoms with van der Waals surface area (Å²) in [5, 5.41) is 7.13. The van der Waals surface area contributed by atoms with E-state index < -0.39 is 6.17 Å². The molecular weight excluding hydrogens is 346 g/mol. The van der Waals surface area contributed by atoms with Crippen LogP contribution in [0.2, 0.25) is 0 Å². The molecule has 144 valence electrons. The largest absolute Gasteiger partial charge is 0.495 e. The lowest BCUT2D eigenvalue weighted by Gasteiger charge is -2.50. The molecule has 1 saturated carbocycles. The highest BCUT2D eigenvalue weighted by Crippen LogP contribution is 2.34. The maximum Gasteiger partial charge on any atom is 0.268 e. The number of carbonyl (C=O) groups is 2. The van der Waals surface area contributed by atoms with Crippen molar-refractivity contribution in [1.29, 1.82) is 0 Å². The summed E-state index contributed by atoms with van der Waals surface area (Å²) in [6.45, 7) is 1.96. The number of rotatable bonds is 4. The smallest absolute Gasteiger partial charge is 0.268 e. The summed E-state index contributed by atoms with van der Waals surface area (Å²) < 4.78 is 5.28. The van der Waals surface area contributed by atoms with Gasteiger partial charge in [0.15, 0.2) is 6.17 Å². The topological polar surface area (TPSA) is 86.3 Å². The molecule has 2 N–H and O–H groups in total. The van der Waals surface area contributed by atoms with Gasteiger partial charge in [-0.1, -0.05) is 25.0 Å². The summed E-state index contributed by atoms with van der Waals surface area (Å²) >= 11 is 0. The lowest BCUT2D eigenvalue weighted by molar-refractivity contribution is -0.151. The van der Waals surface area contributed by atoms with Crippen LogP contribution in [0.3, 0.4) is 0 Å². The van der Waals surface area contributed by atoms with Crippen molar-refractivity contribution < 1.29 is 14.3 Å². The number of amidine groups is 1. The second-order valence-corrected chi connectivity index (χ2v) is 7.23. The van der Waals surface area contributed by atoms with Crippen molar-refractivity contribution in [3.63, 3.8) is 0 Å². The first kappa shape index (κ1) is 17.6. The molecule has 3 aliphatic rings. The molecule has 3 unspecified atom stereocenters. The standard InChI is InChI=1S/C19H25N5O3/c1-12-21-22-18-19(26)23(14-8-4-5-9-15(14)24(12)18)11-17(25)20-13-7-3-6-10-16(13)27-2/h3,6-7,10,14-15,18,22H,4-5,8-9,11H2,1-2H3,(H,20,25). The van der Waals surface area contributed by atoms with Crippen LogP contribution in [0.25, 0.3) is 0 Å². The number of hydrogen-bond donors (Lipinski definition) is 2. The van der Waals surface area contributed by atoms with Gasteiger partial charge in [-0.2, -0.15) is 5.10 Å². The number of hydrogen-bond acceptors (Lipinski definition) is 6. The van der Waals surface area contributed by atoms with Gasteiger partial charge in [0.1, 0.15) is 18.1 Å². The molecule has 1 aromatic rings. The minimum Gasteiger partial charge on any atom is -0.495 e. The molecule has 1 aromatic carbocycles. The molecule has 0 radical (unpaired) electrons. The third kappa shape index (κ3) is 3.09. The number of anilines is 1. The highest BCUT2D eigenvalue weighted by Gasteiger charge is 2.50. The van der Waals surface area contributed by atoms with E-state index in [2.05, 4.69) is 20.7 Å². The minimum atomic E-state index is -0.497. The number of amides is 2. The number of carbonyl (C=O) groups excluding carboxylic acids is 2.